The molecule has 2 aliphatic heterocycles. The molecular formula is C41H50NO11P. The van der Waals surface area contributed by atoms with Crippen molar-refractivity contribution in [2.75, 3.05) is 40.6 Å². The molecule has 3 aromatic carbocycles. The lowest BCUT2D eigenvalue weighted by Crippen LogP contribution is -2.38. The standard InChI is InChI=1S/C41H50NO11P/c1-28(43)12-21-40(44)52-36-24-29(2)51-39(36)27-49-54(48-23-22-42-4)53-37-25-30(3)50-38(37)26-47-41(31-10-8-7-9-11-31,32-13-17-34(45-5)18-14-32)33-15-19-35(46-6)20-16-33/h7-11,13-20,29-30,36-39H,12,21-27H2,1-3,5-6H3/t29-,30-,36?,37?,38+,39+,54?/m0/s1. The van der Waals surface area contributed by atoms with Gasteiger partial charge in [0.1, 0.15) is 47.8 Å². The first-order chi connectivity index (χ1) is 26.1. The highest BCUT2D eigenvalue weighted by molar-refractivity contribution is 7.41. The molecule has 0 radical (unpaired) electrons. The number of ketones is 1. The number of hydrogen-bond donors (Lipinski definition) is 0. The molecule has 54 heavy (non-hydrogen) atoms. The first-order valence-corrected chi connectivity index (χ1v) is 19.3. The van der Waals surface area contributed by atoms with E-state index in [4.69, 9.17) is 48.6 Å². The van der Waals surface area contributed by atoms with Gasteiger partial charge in [-0.2, -0.15) is 0 Å². The van der Waals surface area contributed by atoms with Crippen molar-refractivity contribution in [2.45, 2.75) is 88.7 Å². The summed E-state index contributed by atoms with van der Waals surface area (Å²) in [5.41, 5.74) is 1.64. The lowest BCUT2D eigenvalue weighted by molar-refractivity contribution is -0.153. The van der Waals surface area contributed by atoms with E-state index in [1.165, 1.54) is 6.92 Å². The van der Waals surface area contributed by atoms with Crippen LogP contribution < -0.4 is 9.47 Å². The number of benzene rings is 3. The van der Waals surface area contributed by atoms with Gasteiger partial charge in [-0.1, -0.05) is 54.6 Å². The summed E-state index contributed by atoms with van der Waals surface area (Å²) in [6, 6.07) is 25.7. The summed E-state index contributed by atoms with van der Waals surface area (Å²) in [5, 5.41) is 0. The molecule has 0 bridgehead atoms. The van der Waals surface area contributed by atoms with Gasteiger partial charge in [0.25, 0.3) is 0 Å². The van der Waals surface area contributed by atoms with Gasteiger partial charge in [-0.05, 0) is 61.7 Å². The first-order valence-electron chi connectivity index (χ1n) is 18.2. The maximum absolute atomic E-state index is 12.4. The van der Waals surface area contributed by atoms with E-state index in [-0.39, 0.29) is 57.2 Å². The minimum Gasteiger partial charge on any atom is -0.497 e. The molecule has 2 heterocycles. The molecule has 5 rings (SSSR count). The predicted octanol–water partition coefficient (Wildman–Crippen LogP) is 7.21. The van der Waals surface area contributed by atoms with Crippen LogP contribution in [0.3, 0.4) is 0 Å². The van der Waals surface area contributed by atoms with E-state index in [0.29, 0.717) is 12.8 Å². The van der Waals surface area contributed by atoms with E-state index in [1.807, 2.05) is 92.7 Å². The van der Waals surface area contributed by atoms with Crippen LogP contribution in [0.2, 0.25) is 0 Å². The molecular weight excluding hydrogens is 713 g/mol. The summed E-state index contributed by atoms with van der Waals surface area (Å²) >= 11 is 0. The largest absolute Gasteiger partial charge is 0.497 e. The molecule has 0 N–H and O–H groups in total. The number of carbonyl (C=O) groups excluding carboxylic acids is 2. The van der Waals surface area contributed by atoms with E-state index in [9.17, 15) is 9.59 Å². The van der Waals surface area contributed by atoms with Crippen molar-refractivity contribution in [1.29, 1.82) is 0 Å². The monoisotopic (exact) mass is 763 g/mol. The van der Waals surface area contributed by atoms with Gasteiger partial charge >= 0.3 is 14.6 Å². The second kappa shape index (κ2) is 20.1. The molecule has 290 valence electrons. The van der Waals surface area contributed by atoms with Crippen molar-refractivity contribution < 1.29 is 51.6 Å². The molecule has 2 aliphatic rings. The number of methoxy groups -OCH3 is 2. The number of nitrogens with zero attached hydrogens (tertiary/aromatic N) is 1. The van der Waals surface area contributed by atoms with Gasteiger partial charge in [0.15, 0.2) is 0 Å². The Kier molecular flexibility index (Phi) is 15.4. The minimum absolute atomic E-state index is 0.00909. The van der Waals surface area contributed by atoms with Gasteiger partial charge < -0.3 is 51.6 Å². The molecule has 0 amide bonds. The predicted molar refractivity (Wildman–Crippen MR) is 201 cm³/mol. The maximum atomic E-state index is 12.4. The van der Waals surface area contributed by atoms with Gasteiger partial charge in [0.2, 0.25) is 6.54 Å². The molecule has 12 nitrogen and oxygen atoms in total. The van der Waals surface area contributed by atoms with Crippen molar-refractivity contribution in [3.63, 3.8) is 0 Å². The molecule has 2 saturated heterocycles. The van der Waals surface area contributed by atoms with E-state index in [2.05, 4.69) is 4.85 Å². The number of Topliss-reactive ketones (excluding diaryl/α,β-unsaturated/α-hetero) is 1. The molecule has 2 fully saturated rings. The first kappa shape index (κ1) is 41.2. The Balaban J connectivity index is 1.36. The van der Waals surface area contributed by atoms with Gasteiger partial charge in [-0.3, -0.25) is 4.79 Å². The Labute approximate surface area is 319 Å². The molecule has 7 atom stereocenters. The zero-order valence-corrected chi connectivity index (χ0v) is 32.4. The second-order valence-corrected chi connectivity index (χ2v) is 14.5. The molecule has 0 aliphatic carbocycles. The van der Waals surface area contributed by atoms with E-state index >= 15 is 0 Å². The lowest BCUT2D eigenvalue weighted by Gasteiger charge is -2.37. The van der Waals surface area contributed by atoms with Gasteiger partial charge in [0.05, 0.1) is 52.2 Å². The van der Waals surface area contributed by atoms with Crippen molar-refractivity contribution in [1.82, 2.24) is 0 Å². The Morgan fingerprint density at radius 2 is 1.33 bits per heavy atom. The van der Waals surface area contributed by atoms with Crippen LogP contribution in [-0.4, -0.2) is 89.0 Å². The number of hydrogen-bond acceptors (Lipinski definition) is 11. The lowest BCUT2D eigenvalue weighted by atomic mass is 9.80. The molecule has 13 heteroatoms. The van der Waals surface area contributed by atoms with E-state index < -0.39 is 44.6 Å². The maximum Gasteiger partial charge on any atom is 0.333 e. The van der Waals surface area contributed by atoms with Gasteiger partial charge in [-0.25, -0.2) is 6.57 Å². The van der Waals surface area contributed by atoms with Crippen LogP contribution in [0.15, 0.2) is 78.9 Å². The van der Waals surface area contributed by atoms with Crippen molar-refractivity contribution in [3.05, 3.63) is 107 Å². The van der Waals surface area contributed by atoms with Gasteiger partial charge in [0, 0.05) is 19.3 Å². The Morgan fingerprint density at radius 1 is 0.778 bits per heavy atom. The van der Waals surface area contributed by atoms with Crippen LogP contribution in [0, 0.1) is 6.57 Å². The highest BCUT2D eigenvalue weighted by Crippen LogP contribution is 2.47. The molecule has 3 aromatic rings. The number of rotatable bonds is 20. The van der Waals surface area contributed by atoms with Crippen molar-refractivity contribution in [2.24, 2.45) is 0 Å². The average Bonchev–Trinajstić information content (AvgIpc) is 3.72. The Bertz CT molecular complexity index is 1620. The molecule has 0 saturated carbocycles. The van der Waals surface area contributed by atoms with Crippen LogP contribution >= 0.6 is 8.60 Å². The quantitative estimate of drug-likeness (QED) is 0.0382. The van der Waals surface area contributed by atoms with Crippen LogP contribution in [0.1, 0.15) is 63.1 Å². The third-order valence-corrected chi connectivity index (χ3v) is 10.5. The minimum atomic E-state index is -1.97. The summed E-state index contributed by atoms with van der Waals surface area (Å²) in [7, 11) is 1.30. The van der Waals surface area contributed by atoms with Crippen LogP contribution in [0.5, 0.6) is 11.5 Å². The van der Waals surface area contributed by atoms with Crippen molar-refractivity contribution >= 4 is 20.4 Å². The SMILES string of the molecule is [C-]#[N+]CCOP(OC[C@H]1O[C@@H](C)CC1OC(=O)CCC(C)=O)OC1C[C@H](C)O[C@@H]1COC(c1ccccc1)(c1ccc(OC)cc1)c1ccc(OC)cc1. The Hall–Kier alpha value is -3.92. The van der Waals surface area contributed by atoms with Gasteiger partial charge in [-0.15, -0.1) is 0 Å². The summed E-state index contributed by atoms with van der Waals surface area (Å²) in [4.78, 5) is 27.2. The Morgan fingerprint density at radius 3 is 1.89 bits per heavy atom. The fourth-order valence-electron chi connectivity index (χ4n) is 6.66. The molecule has 3 unspecified atom stereocenters. The fraction of sp³-hybridized carbons (Fsp3) is 0.488. The zero-order valence-electron chi connectivity index (χ0n) is 31.5. The topological polar surface area (TPSA) is 122 Å². The molecule has 0 spiro atoms. The van der Waals surface area contributed by atoms with Crippen LogP contribution in [-0.2, 0) is 47.7 Å². The summed E-state index contributed by atoms with van der Waals surface area (Å²) in [6.07, 6.45) is -1.20. The average molecular weight is 764 g/mol. The highest BCUT2D eigenvalue weighted by Gasteiger charge is 2.43. The number of esters is 1. The second-order valence-electron chi connectivity index (χ2n) is 13.4. The van der Waals surface area contributed by atoms with Crippen LogP contribution in [0.4, 0.5) is 0 Å². The van der Waals surface area contributed by atoms with Crippen LogP contribution in [0.25, 0.3) is 4.85 Å². The highest BCUT2D eigenvalue weighted by atomic mass is 31.2. The van der Waals surface area contributed by atoms with E-state index in [0.717, 1.165) is 28.2 Å². The summed E-state index contributed by atoms with van der Waals surface area (Å²) in [6.45, 7) is 13.0. The normalized spacial score (nSPS) is 23.0. The summed E-state index contributed by atoms with van der Waals surface area (Å²) < 4.78 is 54.9. The third-order valence-electron chi connectivity index (χ3n) is 9.34. The van der Waals surface area contributed by atoms with Crippen molar-refractivity contribution in [3.8, 4) is 11.5 Å². The molecule has 0 aromatic heterocycles. The zero-order chi connectivity index (χ0) is 38.5. The number of ether oxygens (including phenoxy) is 6. The number of carbonyl (C=O) groups is 2. The van der Waals surface area contributed by atoms with E-state index in [1.54, 1.807) is 14.2 Å². The summed E-state index contributed by atoms with van der Waals surface area (Å²) in [5.74, 6) is 0.903. The smallest absolute Gasteiger partial charge is 0.333 e. The third kappa shape index (κ3) is 10.9. The fourth-order valence-corrected chi connectivity index (χ4v) is 7.80.